The van der Waals surface area contributed by atoms with E-state index in [1.165, 1.54) is 30.0 Å². The Morgan fingerprint density at radius 1 is 0.872 bits per heavy atom. The van der Waals surface area contributed by atoms with Crippen LogP contribution in [0.25, 0.3) is 17.1 Å². The second kappa shape index (κ2) is 11.2. The molecule has 4 rings (SSSR count). The fraction of sp³-hybridized carbons (Fsp3) is 0.192. The first-order valence-electron chi connectivity index (χ1n) is 11.3. The van der Waals surface area contributed by atoms with Crippen molar-refractivity contribution in [3.63, 3.8) is 0 Å². The molecule has 0 atom stereocenters. The molecular weight excluding hydrogens is 530 g/mol. The molecule has 0 radical (unpaired) electrons. The maximum Gasteiger partial charge on any atom is 0.416 e. The number of hydrogen-bond donors (Lipinski definition) is 1. The van der Waals surface area contributed by atoms with E-state index in [0.29, 0.717) is 11.3 Å². The van der Waals surface area contributed by atoms with Gasteiger partial charge in [0, 0.05) is 23.9 Å². The van der Waals surface area contributed by atoms with Gasteiger partial charge in [0.15, 0.2) is 5.82 Å². The molecule has 39 heavy (non-hydrogen) atoms. The number of nitrogens with zero attached hydrogens (tertiary/aromatic N) is 3. The zero-order valence-corrected chi connectivity index (χ0v) is 20.2. The summed E-state index contributed by atoms with van der Waals surface area (Å²) in [5.41, 5.74) is -0.726. The molecule has 0 saturated carbocycles. The predicted molar refractivity (Wildman–Crippen MR) is 129 cm³/mol. The van der Waals surface area contributed by atoms with Crippen LogP contribution in [0, 0.1) is 0 Å². The molecule has 7 nitrogen and oxygen atoms in total. The summed E-state index contributed by atoms with van der Waals surface area (Å²) in [6.45, 7) is 0.367. The number of carbonyl (C=O) groups excluding carboxylic acids is 1. The largest absolute Gasteiger partial charge is 0.460 e. The van der Waals surface area contributed by atoms with Crippen molar-refractivity contribution in [2.75, 3.05) is 25.6 Å². The van der Waals surface area contributed by atoms with Crippen LogP contribution in [0.15, 0.2) is 72.8 Å². The number of benzene rings is 3. The number of ether oxygens (including phenoxy) is 2. The Labute approximate surface area is 218 Å². The first kappa shape index (κ1) is 27.6. The van der Waals surface area contributed by atoms with E-state index in [2.05, 4.69) is 15.4 Å². The van der Waals surface area contributed by atoms with E-state index in [9.17, 15) is 31.1 Å². The topological polar surface area (TPSA) is 78.3 Å². The van der Waals surface area contributed by atoms with Gasteiger partial charge in [-0.15, -0.1) is 5.10 Å². The van der Waals surface area contributed by atoms with Crippen LogP contribution >= 0.6 is 0 Å². The van der Waals surface area contributed by atoms with E-state index in [1.54, 1.807) is 18.2 Å². The minimum atomic E-state index is -4.53. The highest BCUT2D eigenvalue weighted by Gasteiger charge is 2.31. The molecular formula is C26H20F6N4O3. The van der Waals surface area contributed by atoms with Crippen LogP contribution in [-0.4, -0.2) is 41.0 Å². The van der Waals surface area contributed by atoms with Gasteiger partial charge in [-0.3, -0.25) is 4.79 Å². The number of rotatable bonds is 8. The lowest BCUT2D eigenvalue weighted by molar-refractivity contribution is -0.138. The van der Waals surface area contributed by atoms with Crippen molar-refractivity contribution >= 4 is 11.6 Å². The van der Waals surface area contributed by atoms with Crippen molar-refractivity contribution in [2.45, 2.75) is 12.4 Å². The molecule has 204 valence electrons. The quantitative estimate of drug-likeness (QED) is 0.207. The molecule has 0 spiro atoms. The number of halogens is 6. The summed E-state index contributed by atoms with van der Waals surface area (Å²) in [5.74, 6) is -0.478. The average Bonchev–Trinajstić information content (AvgIpc) is 3.32. The Morgan fingerprint density at radius 2 is 1.49 bits per heavy atom. The van der Waals surface area contributed by atoms with E-state index in [1.807, 2.05) is 0 Å². The SMILES string of the molecule is COCCOc1nc(-c2ccc(C(F)(F)F)cc2)n(-c2cccc(NC(=O)c3ccc(C(F)(F)F)cc3)c2)n1. The van der Waals surface area contributed by atoms with Crippen molar-refractivity contribution in [1.29, 1.82) is 0 Å². The smallest absolute Gasteiger partial charge is 0.416 e. The fourth-order valence-electron chi connectivity index (χ4n) is 3.48. The van der Waals surface area contributed by atoms with Crippen LogP contribution in [0.1, 0.15) is 21.5 Å². The Morgan fingerprint density at radius 3 is 2.08 bits per heavy atom. The van der Waals surface area contributed by atoms with Gasteiger partial charge in [-0.2, -0.15) is 31.3 Å². The van der Waals surface area contributed by atoms with Crippen molar-refractivity contribution in [3.8, 4) is 23.1 Å². The summed E-state index contributed by atoms with van der Waals surface area (Å²) >= 11 is 0. The number of carbonyl (C=O) groups is 1. The third-order valence-electron chi connectivity index (χ3n) is 5.40. The number of anilines is 1. The molecule has 0 fully saturated rings. The number of alkyl halides is 6. The number of hydrogen-bond acceptors (Lipinski definition) is 5. The van der Waals surface area contributed by atoms with Crippen LogP contribution in [0.3, 0.4) is 0 Å². The standard InChI is InChI=1S/C26H20F6N4O3/c1-38-13-14-39-24-34-22(16-5-9-18(10-6-16)25(27,28)29)36(35-24)21-4-2-3-20(15-21)33-23(37)17-7-11-19(12-8-17)26(30,31)32/h2-12,15H,13-14H2,1H3,(H,33,37). The van der Waals surface area contributed by atoms with Gasteiger partial charge in [-0.1, -0.05) is 18.2 Å². The predicted octanol–water partition coefficient (Wildman–Crippen LogP) is 6.25. The first-order chi connectivity index (χ1) is 18.5. The molecule has 0 aliphatic rings. The summed E-state index contributed by atoms with van der Waals surface area (Å²) in [7, 11) is 1.48. The van der Waals surface area contributed by atoms with E-state index < -0.39 is 29.4 Å². The minimum Gasteiger partial charge on any atom is -0.460 e. The molecule has 3 aromatic carbocycles. The van der Waals surface area contributed by atoms with E-state index >= 15 is 0 Å². The van der Waals surface area contributed by atoms with E-state index in [4.69, 9.17) is 9.47 Å². The summed E-state index contributed by atoms with van der Waals surface area (Å²) in [6, 6.07) is 14.3. The summed E-state index contributed by atoms with van der Waals surface area (Å²) in [6.07, 6.45) is -9.04. The lowest BCUT2D eigenvalue weighted by Gasteiger charge is -2.11. The normalized spacial score (nSPS) is 11.9. The van der Waals surface area contributed by atoms with E-state index in [-0.39, 0.29) is 36.3 Å². The van der Waals surface area contributed by atoms with Gasteiger partial charge in [-0.05, 0) is 54.6 Å². The summed E-state index contributed by atoms with van der Waals surface area (Å²) in [4.78, 5) is 16.9. The number of aromatic nitrogens is 3. The molecule has 13 heteroatoms. The highest BCUT2D eigenvalue weighted by Crippen LogP contribution is 2.32. The molecule has 4 aromatic rings. The van der Waals surface area contributed by atoms with E-state index in [0.717, 1.165) is 36.4 Å². The van der Waals surface area contributed by atoms with Gasteiger partial charge >= 0.3 is 18.4 Å². The highest BCUT2D eigenvalue weighted by molar-refractivity contribution is 6.04. The Hall–Kier alpha value is -4.39. The van der Waals surface area contributed by atoms with Crippen molar-refractivity contribution in [3.05, 3.63) is 89.5 Å². The fourth-order valence-corrected chi connectivity index (χ4v) is 3.48. The number of amides is 1. The van der Waals surface area contributed by atoms with Gasteiger partial charge in [0.2, 0.25) is 0 Å². The lowest BCUT2D eigenvalue weighted by atomic mass is 10.1. The van der Waals surface area contributed by atoms with Gasteiger partial charge in [-0.25, -0.2) is 4.68 Å². The Kier molecular flexibility index (Phi) is 7.90. The molecule has 0 unspecified atom stereocenters. The maximum absolute atomic E-state index is 13.0. The highest BCUT2D eigenvalue weighted by atomic mass is 19.4. The molecule has 1 amide bonds. The second-order valence-corrected chi connectivity index (χ2v) is 8.13. The van der Waals surface area contributed by atoms with Crippen LogP contribution < -0.4 is 10.1 Å². The molecule has 0 aliphatic carbocycles. The van der Waals surface area contributed by atoms with Crippen molar-refractivity contribution in [2.24, 2.45) is 0 Å². The lowest BCUT2D eigenvalue weighted by Crippen LogP contribution is -2.13. The van der Waals surface area contributed by atoms with Crippen LogP contribution in [0.4, 0.5) is 32.0 Å². The monoisotopic (exact) mass is 550 g/mol. The first-order valence-corrected chi connectivity index (χ1v) is 11.3. The van der Waals surface area contributed by atoms with Gasteiger partial charge in [0.25, 0.3) is 5.91 Å². The Balaban J connectivity index is 1.63. The zero-order valence-electron chi connectivity index (χ0n) is 20.2. The minimum absolute atomic E-state index is 0.00781. The van der Waals surface area contributed by atoms with Gasteiger partial charge < -0.3 is 14.8 Å². The van der Waals surface area contributed by atoms with Crippen LogP contribution in [-0.2, 0) is 17.1 Å². The molecule has 0 aliphatic heterocycles. The van der Waals surface area contributed by atoms with Crippen LogP contribution in [0.5, 0.6) is 6.01 Å². The molecule has 1 aromatic heterocycles. The van der Waals surface area contributed by atoms with Gasteiger partial charge in [0.05, 0.1) is 23.4 Å². The zero-order chi connectivity index (χ0) is 28.2. The van der Waals surface area contributed by atoms with Crippen molar-refractivity contribution < 1.29 is 40.6 Å². The summed E-state index contributed by atoms with van der Waals surface area (Å²) < 4.78 is 89.3. The summed E-state index contributed by atoms with van der Waals surface area (Å²) in [5, 5.41) is 6.90. The van der Waals surface area contributed by atoms with Crippen molar-refractivity contribution in [1.82, 2.24) is 14.8 Å². The third-order valence-corrected chi connectivity index (χ3v) is 5.40. The Bertz CT molecular complexity index is 1430. The maximum atomic E-state index is 13.0. The molecule has 1 N–H and O–H groups in total. The number of methoxy groups -OCH3 is 1. The molecule has 0 bridgehead atoms. The van der Waals surface area contributed by atoms with Gasteiger partial charge in [0.1, 0.15) is 6.61 Å². The van der Waals surface area contributed by atoms with Crippen LogP contribution in [0.2, 0.25) is 0 Å². The average molecular weight is 550 g/mol. The molecule has 0 saturated heterocycles. The second-order valence-electron chi connectivity index (χ2n) is 8.13. The molecule has 1 heterocycles. The number of nitrogens with one attached hydrogen (secondary N) is 1. The third kappa shape index (κ3) is 6.74.